The van der Waals surface area contributed by atoms with Gasteiger partial charge in [0.25, 0.3) is 0 Å². The Balaban J connectivity index is 1.73. The summed E-state index contributed by atoms with van der Waals surface area (Å²) in [4.78, 5) is 4.41. The summed E-state index contributed by atoms with van der Waals surface area (Å²) in [6.07, 6.45) is 1.55. The van der Waals surface area contributed by atoms with Crippen LogP contribution in [0.3, 0.4) is 0 Å². The minimum atomic E-state index is -0.733. The Labute approximate surface area is 184 Å². The van der Waals surface area contributed by atoms with Gasteiger partial charge in [0.15, 0.2) is 6.23 Å². The van der Waals surface area contributed by atoms with Crippen LogP contribution in [0.25, 0.3) is 16.8 Å². The molecule has 1 N–H and O–H groups in total. The molecular formula is C27H28N2O2. The summed E-state index contributed by atoms with van der Waals surface area (Å²) in [6, 6.07) is 22.6. The second-order valence-corrected chi connectivity index (χ2v) is 8.85. The Morgan fingerprint density at radius 2 is 1.65 bits per heavy atom. The van der Waals surface area contributed by atoms with E-state index in [4.69, 9.17) is 4.74 Å². The zero-order valence-electron chi connectivity index (χ0n) is 18.5. The minimum absolute atomic E-state index is 0.162. The molecule has 1 unspecified atom stereocenters. The first-order chi connectivity index (χ1) is 14.9. The van der Waals surface area contributed by atoms with Gasteiger partial charge >= 0.3 is 0 Å². The predicted octanol–water partition coefficient (Wildman–Crippen LogP) is 5.44. The highest BCUT2D eigenvalue weighted by Gasteiger charge is 2.42. The van der Waals surface area contributed by atoms with Crippen molar-refractivity contribution >= 4 is 11.4 Å². The van der Waals surface area contributed by atoms with Crippen molar-refractivity contribution in [2.75, 3.05) is 19.1 Å². The van der Waals surface area contributed by atoms with Gasteiger partial charge < -0.3 is 19.6 Å². The van der Waals surface area contributed by atoms with Crippen molar-refractivity contribution in [3.05, 3.63) is 89.5 Å². The number of anilines is 1. The number of hydrogen-bond donors (Lipinski definition) is 1. The third-order valence-corrected chi connectivity index (χ3v) is 6.65. The first kappa shape index (κ1) is 19.7. The smallest absolute Gasteiger partial charge is 0.154 e. The maximum Gasteiger partial charge on any atom is 0.154 e. The highest BCUT2D eigenvalue weighted by atomic mass is 16.5. The fourth-order valence-corrected chi connectivity index (χ4v) is 4.81. The molecule has 4 nitrogen and oxygen atoms in total. The topological polar surface area (TPSA) is 35.9 Å². The zero-order valence-corrected chi connectivity index (χ0v) is 18.5. The van der Waals surface area contributed by atoms with Crippen molar-refractivity contribution in [1.82, 2.24) is 4.90 Å². The van der Waals surface area contributed by atoms with Gasteiger partial charge in [0.2, 0.25) is 0 Å². The lowest BCUT2D eigenvalue weighted by Gasteiger charge is -2.41. The van der Waals surface area contributed by atoms with Crippen LogP contribution in [0.4, 0.5) is 5.69 Å². The lowest BCUT2D eigenvalue weighted by Crippen LogP contribution is -2.42. The summed E-state index contributed by atoms with van der Waals surface area (Å²) < 4.78 is 5.65. The molecule has 3 aromatic carbocycles. The first-order valence-electron chi connectivity index (χ1n) is 10.7. The molecule has 2 aliphatic rings. The number of methoxy groups -OCH3 is 1. The van der Waals surface area contributed by atoms with Gasteiger partial charge in [-0.3, -0.25) is 0 Å². The van der Waals surface area contributed by atoms with Crippen LogP contribution in [0.5, 0.6) is 5.75 Å². The molecule has 3 aromatic rings. The van der Waals surface area contributed by atoms with Crippen molar-refractivity contribution in [3.8, 4) is 16.9 Å². The first-order valence-corrected chi connectivity index (χ1v) is 10.7. The molecule has 1 atom stereocenters. The zero-order chi connectivity index (χ0) is 21.8. The fraction of sp³-hybridized carbons (Fsp3) is 0.259. The molecule has 2 heterocycles. The van der Waals surface area contributed by atoms with Crippen molar-refractivity contribution in [1.29, 1.82) is 0 Å². The van der Waals surface area contributed by atoms with E-state index < -0.39 is 6.23 Å². The summed E-state index contributed by atoms with van der Waals surface area (Å²) in [7, 11) is 3.81. The predicted molar refractivity (Wildman–Crippen MR) is 126 cm³/mol. The third kappa shape index (κ3) is 3.02. The molecule has 0 radical (unpaired) electrons. The molecule has 0 amide bonds. The standard InChI is InChI=1S/C27H28N2O2/c1-27(2)16-22-25-21(28(27)3)15-14-20(19-12-8-9-13-23(19)31-4)24(25)26(30)29(22)17-18-10-6-5-7-11-18/h5-16,26,30H,17H2,1-4H3. The molecule has 0 aliphatic carbocycles. The van der Waals surface area contributed by atoms with Crippen molar-refractivity contribution < 1.29 is 9.84 Å². The molecule has 0 bridgehead atoms. The molecule has 2 aliphatic heterocycles. The van der Waals surface area contributed by atoms with Crippen LogP contribution < -0.4 is 9.64 Å². The molecule has 5 rings (SSSR count). The van der Waals surface area contributed by atoms with Gasteiger partial charge in [0, 0.05) is 41.7 Å². The highest BCUT2D eigenvalue weighted by molar-refractivity contribution is 5.91. The van der Waals surface area contributed by atoms with Gasteiger partial charge in [-0.1, -0.05) is 54.6 Å². The maximum atomic E-state index is 11.6. The number of aliphatic hydroxyl groups excluding tert-OH is 1. The summed E-state index contributed by atoms with van der Waals surface area (Å²) >= 11 is 0. The van der Waals surface area contributed by atoms with Gasteiger partial charge in [0.05, 0.1) is 12.6 Å². The molecule has 0 saturated carbocycles. The number of para-hydroxylation sites is 1. The molecule has 0 fully saturated rings. The summed E-state index contributed by atoms with van der Waals surface area (Å²) in [6.45, 7) is 5.07. The summed E-state index contributed by atoms with van der Waals surface area (Å²) in [5, 5.41) is 11.6. The SMILES string of the molecule is COc1ccccc1-c1ccc2c3c1C(O)N(Cc1ccccc1)C3=CC(C)(C)N2C. The van der Waals surface area contributed by atoms with E-state index in [1.54, 1.807) is 7.11 Å². The van der Waals surface area contributed by atoms with Crippen LogP contribution in [-0.4, -0.2) is 29.7 Å². The van der Waals surface area contributed by atoms with Gasteiger partial charge in [-0.25, -0.2) is 0 Å². The van der Waals surface area contributed by atoms with E-state index in [2.05, 4.69) is 67.1 Å². The highest BCUT2D eigenvalue weighted by Crippen LogP contribution is 2.53. The van der Waals surface area contributed by atoms with E-state index in [1.807, 2.05) is 36.4 Å². The van der Waals surface area contributed by atoms with Crippen molar-refractivity contribution in [3.63, 3.8) is 0 Å². The molecule has 4 heteroatoms. The van der Waals surface area contributed by atoms with Crippen LogP contribution in [0.1, 0.15) is 36.8 Å². The lowest BCUT2D eigenvalue weighted by atomic mass is 9.87. The van der Waals surface area contributed by atoms with Crippen LogP contribution in [-0.2, 0) is 6.54 Å². The maximum absolute atomic E-state index is 11.6. The fourth-order valence-electron chi connectivity index (χ4n) is 4.81. The van der Waals surface area contributed by atoms with E-state index in [1.165, 1.54) is 5.56 Å². The van der Waals surface area contributed by atoms with Crippen molar-refractivity contribution in [2.45, 2.75) is 32.2 Å². The number of rotatable bonds is 4. The number of nitrogens with zero attached hydrogens (tertiary/aromatic N) is 2. The largest absolute Gasteiger partial charge is 0.496 e. The van der Waals surface area contributed by atoms with Gasteiger partial charge in [-0.2, -0.15) is 0 Å². The van der Waals surface area contributed by atoms with Gasteiger partial charge in [-0.15, -0.1) is 0 Å². The minimum Gasteiger partial charge on any atom is -0.496 e. The average molecular weight is 413 g/mol. The molecule has 0 saturated heterocycles. The molecular weight excluding hydrogens is 384 g/mol. The van der Waals surface area contributed by atoms with Gasteiger partial charge in [0.1, 0.15) is 5.75 Å². The van der Waals surface area contributed by atoms with Crippen LogP contribution in [0, 0.1) is 0 Å². The number of hydrogen-bond acceptors (Lipinski definition) is 4. The van der Waals surface area contributed by atoms with E-state index in [0.29, 0.717) is 6.54 Å². The normalized spacial score (nSPS) is 18.6. The number of ether oxygens (including phenoxy) is 1. The van der Waals surface area contributed by atoms with E-state index in [0.717, 1.165) is 39.4 Å². The Morgan fingerprint density at radius 1 is 0.935 bits per heavy atom. The monoisotopic (exact) mass is 412 g/mol. The van der Waals surface area contributed by atoms with Crippen LogP contribution in [0.15, 0.2) is 72.8 Å². The van der Waals surface area contributed by atoms with Crippen molar-refractivity contribution in [2.24, 2.45) is 0 Å². The molecule has 31 heavy (non-hydrogen) atoms. The Bertz CT molecular complexity index is 1170. The summed E-state index contributed by atoms with van der Waals surface area (Å²) in [5.41, 5.74) is 7.33. The van der Waals surface area contributed by atoms with E-state index in [9.17, 15) is 5.11 Å². The lowest BCUT2D eigenvalue weighted by molar-refractivity contribution is 0.0502. The molecule has 0 spiro atoms. The third-order valence-electron chi connectivity index (χ3n) is 6.65. The molecule has 0 aromatic heterocycles. The quantitative estimate of drug-likeness (QED) is 0.619. The second-order valence-electron chi connectivity index (χ2n) is 8.85. The number of likely N-dealkylation sites (N-methyl/N-ethyl adjacent to an activating group) is 1. The van der Waals surface area contributed by atoms with Gasteiger partial charge in [-0.05, 0) is 43.2 Å². The Hall–Kier alpha value is -3.24. The van der Waals surface area contributed by atoms with Crippen LogP contribution in [0.2, 0.25) is 0 Å². The van der Waals surface area contributed by atoms with Crippen LogP contribution >= 0.6 is 0 Å². The second kappa shape index (κ2) is 7.17. The number of aliphatic hydroxyl groups is 1. The summed E-state index contributed by atoms with van der Waals surface area (Å²) in [5.74, 6) is 0.808. The number of benzene rings is 3. The van der Waals surface area contributed by atoms with E-state index in [-0.39, 0.29) is 5.54 Å². The van der Waals surface area contributed by atoms with E-state index >= 15 is 0 Å². The Morgan fingerprint density at radius 3 is 2.39 bits per heavy atom. The molecule has 158 valence electrons. The Kier molecular flexibility index (Phi) is 4.56. The average Bonchev–Trinajstić information content (AvgIpc) is 3.04.